The first-order chi connectivity index (χ1) is 15.4. The van der Waals surface area contributed by atoms with Crippen molar-refractivity contribution in [3.8, 4) is 5.75 Å². The van der Waals surface area contributed by atoms with E-state index in [0.717, 1.165) is 19.3 Å². The summed E-state index contributed by atoms with van der Waals surface area (Å²) in [4.78, 5) is 36.4. The van der Waals surface area contributed by atoms with Crippen LogP contribution in [0.15, 0.2) is 46.9 Å². The highest BCUT2D eigenvalue weighted by Crippen LogP contribution is 2.30. The Kier molecular flexibility index (Phi) is 8.18. The normalized spacial score (nSPS) is 12.4. The monoisotopic (exact) mass is 518 g/mol. The van der Waals surface area contributed by atoms with E-state index in [4.69, 9.17) is 17.0 Å². The van der Waals surface area contributed by atoms with Gasteiger partial charge in [0.1, 0.15) is 5.75 Å². The minimum Gasteiger partial charge on any atom is -0.492 e. The number of rotatable bonds is 7. The SMILES string of the molecule is CCCOc1ccc(C(=O)NC(=S)NNC(=O)c2ccc(NC(=O)C3CC3)cc2)cc1Br. The molecule has 3 amide bonds. The molecule has 1 aliphatic carbocycles. The van der Waals surface area contributed by atoms with Crippen LogP contribution in [0.1, 0.15) is 46.9 Å². The van der Waals surface area contributed by atoms with Gasteiger partial charge in [-0.05, 0) is 89.9 Å². The van der Waals surface area contributed by atoms with Crippen LogP contribution in [-0.2, 0) is 4.79 Å². The Morgan fingerprint density at radius 3 is 2.34 bits per heavy atom. The van der Waals surface area contributed by atoms with E-state index in [1.54, 1.807) is 42.5 Å². The quantitative estimate of drug-likeness (QED) is 0.329. The van der Waals surface area contributed by atoms with Crippen LogP contribution in [0.4, 0.5) is 5.69 Å². The van der Waals surface area contributed by atoms with Gasteiger partial charge in [0.15, 0.2) is 5.11 Å². The summed E-state index contributed by atoms with van der Waals surface area (Å²) in [5, 5.41) is 5.25. The average Bonchev–Trinajstić information content (AvgIpc) is 3.62. The number of hydrogen-bond donors (Lipinski definition) is 4. The molecule has 2 aromatic rings. The van der Waals surface area contributed by atoms with Crippen molar-refractivity contribution in [2.45, 2.75) is 26.2 Å². The molecule has 2 aromatic carbocycles. The fourth-order valence-corrected chi connectivity index (χ4v) is 3.30. The predicted octanol–water partition coefficient (Wildman–Crippen LogP) is 3.54. The van der Waals surface area contributed by atoms with Crippen molar-refractivity contribution in [3.63, 3.8) is 0 Å². The van der Waals surface area contributed by atoms with Crippen LogP contribution in [-0.4, -0.2) is 29.4 Å². The van der Waals surface area contributed by atoms with E-state index in [1.807, 2.05) is 6.92 Å². The Labute approximate surface area is 199 Å². The van der Waals surface area contributed by atoms with E-state index >= 15 is 0 Å². The first kappa shape index (κ1) is 23.7. The highest BCUT2D eigenvalue weighted by Gasteiger charge is 2.29. The fraction of sp³-hybridized carbons (Fsp3) is 0.273. The van der Waals surface area contributed by atoms with Crippen molar-refractivity contribution < 1.29 is 19.1 Å². The Morgan fingerprint density at radius 2 is 1.72 bits per heavy atom. The van der Waals surface area contributed by atoms with E-state index in [9.17, 15) is 14.4 Å². The summed E-state index contributed by atoms with van der Waals surface area (Å²) in [6.07, 6.45) is 2.72. The Bertz CT molecular complexity index is 1030. The van der Waals surface area contributed by atoms with Crippen molar-refractivity contribution >= 4 is 56.7 Å². The van der Waals surface area contributed by atoms with Crippen LogP contribution >= 0.6 is 28.1 Å². The van der Waals surface area contributed by atoms with Gasteiger partial charge < -0.3 is 10.1 Å². The van der Waals surface area contributed by atoms with Gasteiger partial charge in [-0.3, -0.25) is 30.6 Å². The highest BCUT2D eigenvalue weighted by atomic mass is 79.9. The van der Waals surface area contributed by atoms with Gasteiger partial charge in [0.05, 0.1) is 11.1 Å². The molecule has 1 fully saturated rings. The summed E-state index contributed by atoms with van der Waals surface area (Å²) in [6.45, 7) is 2.59. The second-order valence-corrected chi connectivity index (χ2v) is 8.46. The molecule has 0 aliphatic heterocycles. The van der Waals surface area contributed by atoms with Gasteiger partial charge in [-0.15, -0.1) is 0 Å². The van der Waals surface area contributed by atoms with Crippen LogP contribution in [0.2, 0.25) is 0 Å². The minimum atomic E-state index is -0.443. The number of nitrogens with one attached hydrogen (secondary N) is 4. The maximum absolute atomic E-state index is 12.4. The summed E-state index contributed by atoms with van der Waals surface area (Å²) < 4.78 is 6.22. The lowest BCUT2D eigenvalue weighted by atomic mass is 10.2. The zero-order chi connectivity index (χ0) is 23.1. The third-order valence-electron chi connectivity index (χ3n) is 4.54. The van der Waals surface area contributed by atoms with Crippen molar-refractivity contribution in [1.29, 1.82) is 0 Å². The average molecular weight is 519 g/mol. The number of halogens is 1. The number of amides is 3. The molecule has 0 unspecified atom stereocenters. The van der Waals surface area contributed by atoms with Gasteiger partial charge in [0, 0.05) is 22.7 Å². The topological polar surface area (TPSA) is 109 Å². The summed E-state index contributed by atoms with van der Waals surface area (Å²) >= 11 is 8.45. The zero-order valence-corrected chi connectivity index (χ0v) is 19.8. The third-order valence-corrected chi connectivity index (χ3v) is 5.36. The number of thiocarbonyl (C=S) groups is 1. The maximum Gasteiger partial charge on any atom is 0.269 e. The standard InChI is InChI=1S/C22H23BrN4O4S/c1-2-11-31-18-10-7-15(12-17(18)23)20(29)25-22(32)27-26-21(30)14-5-8-16(9-6-14)24-19(28)13-3-4-13/h5-10,12-13H,2-4,11H2,1H3,(H,24,28)(H,26,30)(H2,25,27,29,32). The number of carbonyl (C=O) groups excluding carboxylic acids is 3. The Balaban J connectivity index is 1.46. The van der Waals surface area contributed by atoms with E-state index in [-0.39, 0.29) is 16.9 Å². The molecule has 3 rings (SSSR count). The van der Waals surface area contributed by atoms with Crippen LogP contribution in [0.25, 0.3) is 0 Å². The molecule has 0 heterocycles. The first-order valence-corrected chi connectivity index (χ1v) is 11.3. The molecular weight excluding hydrogens is 496 g/mol. The largest absolute Gasteiger partial charge is 0.492 e. The highest BCUT2D eigenvalue weighted by molar-refractivity contribution is 9.10. The number of ether oxygens (including phenoxy) is 1. The number of carbonyl (C=O) groups is 3. The second kappa shape index (κ2) is 11.1. The molecule has 0 radical (unpaired) electrons. The van der Waals surface area contributed by atoms with E-state index in [1.165, 1.54) is 0 Å². The van der Waals surface area contributed by atoms with E-state index in [0.29, 0.717) is 33.6 Å². The van der Waals surface area contributed by atoms with Crippen LogP contribution < -0.4 is 26.2 Å². The lowest BCUT2D eigenvalue weighted by Crippen LogP contribution is -2.48. The second-order valence-electron chi connectivity index (χ2n) is 7.20. The van der Waals surface area contributed by atoms with E-state index in [2.05, 4.69) is 37.4 Å². The molecular formula is C22H23BrN4O4S. The molecule has 1 saturated carbocycles. The molecule has 0 spiro atoms. The molecule has 0 saturated heterocycles. The number of anilines is 1. The van der Waals surface area contributed by atoms with Crippen LogP contribution in [0.5, 0.6) is 5.75 Å². The van der Waals surface area contributed by atoms with E-state index < -0.39 is 11.8 Å². The zero-order valence-electron chi connectivity index (χ0n) is 17.4. The van der Waals surface area contributed by atoms with Gasteiger partial charge in [0.2, 0.25) is 5.91 Å². The summed E-state index contributed by atoms with van der Waals surface area (Å²) in [6, 6.07) is 11.4. The van der Waals surface area contributed by atoms with Crippen LogP contribution in [0.3, 0.4) is 0 Å². The summed E-state index contributed by atoms with van der Waals surface area (Å²) in [5.41, 5.74) is 6.30. The van der Waals surface area contributed by atoms with Gasteiger partial charge >= 0.3 is 0 Å². The number of hydrogen-bond acceptors (Lipinski definition) is 5. The smallest absolute Gasteiger partial charge is 0.269 e. The first-order valence-electron chi connectivity index (χ1n) is 10.1. The van der Waals surface area contributed by atoms with Gasteiger partial charge in [0.25, 0.3) is 11.8 Å². The molecule has 0 bridgehead atoms. The molecule has 0 atom stereocenters. The van der Waals surface area contributed by atoms with Crippen molar-refractivity contribution in [2.75, 3.05) is 11.9 Å². The lowest BCUT2D eigenvalue weighted by Gasteiger charge is -2.12. The third kappa shape index (κ3) is 6.76. The Morgan fingerprint density at radius 1 is 1.03 bits per heavy atom. The molecule has 168 valence electrons. The molecule has 32 heavy (non-hydrogen) atoms. The van der Waals surface area contributed by atoms with Crippen molar-refractivity contribution in [3.05, 3.63) is 58.1 Å². The molecule has 10 heteroatoms. The van der Waals surface area contributed by atoms with Crippen molar-refractivity contribution in [1.82, 2.24) is 16.2 Å². The fourth-order valence-electron chi connectivity index (χ4n) is 2.66. The molecule has 1 aliphatic rings. The van der Waals surface area contributed by atoms with Gasteiger partial charge in [-0.1, -0.05) is 6.92 Å². The van der Waals surface area contributed by atoms with Crippen LogP contribution in [0, 0.1) is 5.92 Å². The molecule has 0 aromatic heterocycles. The summed E-state index contributed by atoms with van der Waals surface area (Å²) in [5.74, 6) is -0.126. The number of hydrazine groups is 1. The minimum absolute atomic E-state index is 0.000105. The summed E-state index contributed by atoms with van der Waals surface area (Å²) in [7, 11) is 0. The number of benzene rings is 2. The maximum atomic E-state index is 12.4. The van der Waals surface area contributed by atoms with Crippen molar-refractivity contribution in [2.24, 2.45) is 5.92 Å². The molecule has 4 N–H and O–H groups in total. The Hall–Kier alpha value is -2.98. The lowest BCUT2D eigenvalue weighted by molar-refractivity contribution is -0.117. The van der Waals surface area contributed by atoms with Gasteiger partial charge in [-0.25, -0.2) is 0 Å². The van der Waals surface area contributed by atoms with Gasteiger partial charge in [-0.2, -0.15) is 0 Å². The molecule has 8 nitrogen and oxygen atoms in total. The predicted molar refractivity (Wildman–Crippen MR) is 128 cm³/mol.